The second kappa shape index (κ2) is 11.0. The van der Waals surface area contributed by atoms with E-state index in [0.29, 0.717) is 0 Å². The normalized spacial score (nSPS) is 20.7. The number of fused-ring (bicyclic) bond motifs is 2. The lowest BCUT2D eigenvalue weighted by Crippen LogP contribution is -2.39. The minimum absolute atomic E-state index is 0.0622. The first kappa shape index (κ1) is 27.8. The van der Waals surface area contributed by atoms with Crippen molar-refractivity contribution in [3.05, 3.63) is 68.8 Å². The molecule has 212 valence electrons. The van der Waals surface area contributed by atoms with Crippen molar-refractivity contribution in [1.29, 1.82) is 0 Å². The largest absolute Gasteiger partial charge is 0.465 e. The van der Waals surface area contributed by atoms with Crippen LogP contribution in [-0.2, 0) is 28.4 Å². The molecule has 6 rings (SSSR count). The second-order valence-electron chi connectivity index (χ2n) is 10.2. The number of hydrogen-bond donors (Lipinski definition) is 0. The van der Waals surface area contributed by atoms with Crippen molar-refractivity contribution in [2.45, 2.75) is 49.7 Å². The highest BCUT2D eigenvalue weighted by molar-refractivity contribution is 6.05. The highest BCUT2D eigenvalue weighted by Crippen LogP contribution is 2.49. The zero-order chi connectivity index (χ0) is 28.6. The van der Waals surface area contributed by atoms with E-state index in [-0.39, 0.29) is 35.5 Å². The van der Waals surface area contributed by atoms with Gasteiger partial charge >= 0.3 is 23.9 Å². The van der Waals surface area contributed by atoms with Crippen molar-refractivity contribution in [1.82, 2.24) is 0 Å². The van der Waals surface area contributed by atoms with Crippen LogP contribution in [0.1, 0.15) is 108 Å². The van der Waals surface area contributed by atoms with E-state index in [1.807, 2.05) is 0 Å². The van der Waals surface area contributed by atoms with Crippen LogP contribution in [0, 0.1) is 0 Å². The molecule has 4 aliphatic rings. The lowest BCUT2D eigenvalue weighted by atomic mass is 9.70. The molecule has 0 amide bonds. The SMILES string of the molecule is COC(=O)c1cc2c(cc1C(=O)OC)C1COC3(CCCCC3)OCC2c2cc(C(=O)OC)c(C(=O)OC)cc21. The molecule has 0 saturated heterocycles. The van der Waals surface area contributed by atoms with Crippen LogP contribution in [0.2, 0.25) is 0 Å². The van der Waals surface area contributed by atoms with Gasteiger partial charge in [0.15, 0.2) is 5.79 Å². The van der Waals surface area contributed by atoms with E-state index in [1.54, 1.807) is 24.3 Å². The lowest BCUT2D eigenvalue weighted by Gasteiger charge is -2.37. The average molecular weight is 553 g/mol. The Balaban J connectivity index is 1.78. The van der Waals surface area contributed by atoms with Gasteiger partial charge in [0, 0.05) is 24.7 Å². The molecule has 1 fully saturated rings. The van der Waals surface area contributed by atoms with Crippen LogP contribution >= 0.6 is 0 Å². The fourth-order valence-corrected chi connectivity index (χ4v) is 6.17. The molecule has 0 atom stereocenters. The van der Waals surface area contributed by atoms with Gasteiger partial charge in [0.05, 0.1) is 63.9 Å². The Morgan fingerprint density at radius 1 is 0.575 bits per heavy atom. The van der Waals surface area contributed by atoms with Gasteiger partial charge in [-0.25, -0.2) is 19.2 Å². The van der Waals surface area contributed by atoms with E-state index in [9.17, 15) is 19.2 Å². The molecule has 1 saturated carbocycles. The third kappa shape index (κ3) is 4.65. The monoisotopic (exact) mass is 552 g/mol. The molecule has 0 N–H and O–H groups in total. The zero-order valence-corrected chi connectivity index (χ0v) is 23.0. The number of carbonyl (C=O) groups excluding carboxylic acids is 4. The number of rotatable bonds is 4. The van der Waals surface area contributed by atoms with E-state index in [1.165, 1.54) is 28.4 Å². The predicted molar refractivity (Wildman–Crippen MR) is 140 cm³/mol. The summed E-state index contributed by atoms with van der Waals surface area (Å²) >= 11 is 0. The van der Waals surface area contributed by atoms with E-state index in [4.69, 9.17) is 28.4 Å². The van der Waals surface area contributed by atoms with Crippen molar-refractivity contribution >= 4 is 23.9 Å². The Bertz CT molecular complexity index is 1190. The van der Waals surface area contributed by atoms with Crippen LogP contribution in [0.25, 0.3) is 0 Å². The van der Waals surface area contributed by atoms with Gasteiger partial charge in [-0.1, -0.05) is 6.42 Å². The number of methoxy groups -OCH3 is 4. The molecule has 10 heteroatoms. The first-order valence-corrected chi connectivity index (χ1v) is 13.2. The topological polar surface area (TPSA) is 124 Å². The Morgan fingerprint density at radius 3 is 1.15 bits per heavy atom. The Hall–Kier alpha value is -3.76. The quantitative estimate of drug-likeness (QED) is 0.404. The van der Waals surface area contributed by atoms with Crippen molar-refractivity contribution in [3.63, 3.8) is 0 Å². The molecular weight excluding hydrogens is 520 g/mol. The Labute approximate surface area is 231 Å². The average Bonchev–Trinajstić information content (AvgIpc) is 3.09. The summed E-state index contributed by atoms with van der Waals surface area (Å²) < 4.78 is 33.0. The van der Waals surface area contributed by atoms with E-state index in [2.05, 4.69) is 0 Å². The lowest BCUT2D eigenvalue weighted by molar-refractivity contribution is -0.252. The molecule has 40 heavy (non-hydrogen) atoms. The maximum absolute atomic E-state index is 12.8. The zero-order valence-electron chi connectivity index (χ0n) is 23.0. The van der Waals surface area contributed by atoms with Crippen LogP contribution < -0.4 is 0 Å². The second-order valence-corrected chi connectivity index (χ2v) is 10.2. The smallest absolute Gasteiger partial charge is 0.338 e. The molecule has 2 heterocycles. The van der Waals surface area contributed by atoms with Gasteiger partial charge in [-0.15, -0.1) is 0 Å². The van der Waals surface area contributed by atoms with Gasteiger partial charge in [-0.2, -0.15) is 0 Å². The fourth-order valence-electron chi connectivity index (χ4n) is 6.17. The summed E-state index contributed by atoms with van der Waals surface area (Å²) in [5.74, 6) is -4.41. The molecule has 2 aliphatic heterocycles. The number of esters is 4. The molecule has 0 radical (unpaired) electrons. The number of hydrogen-bond acceptors (Lipinski definition) is 10. The van der Waals surface area contributed by atoms with Crippen LogP contribution in [0.3, 0.4) is 0 Å². The number of benzene rings is 2. The Morgan fingerprint density at radius 2 is 0.875 bits per heavy atom. The highest BCUT2D eigenvalue weighted by Gasteiger charge is 2.43. The molecule has 2 aliphatic carbocycles. The highest BCUT2D eigenvalue weighted by atomic mass is 16.7. The summed E-state index contributed by atoms with van der Waals surface area (Å²) in [7, 11) is 4.97. The third-order valence-electron chi connectivity index (χ3n) is 8.21. The van der Waals surface area contributed by atoms with Gasteiger partial charge in [0.1, 0.15) is 0 Å². The van der Waals surface area contributed by atoms with Crippen LogP contribution in [0.5, 0.6) is 0 Å². The van der Waals surface area contributed by atoms with E-state index in [0.717, 1.165) is 54.4 Å². The molecular formula is C30H32O10. The van der Waals surface area contributed by atoms with Crippen molar-refractivity contribution in [2.75, 3.05) is 41.7 Å². The van der Waals surface area contributed by atoms with Crippen molar-refractivity contribution in [2.24, 2.45) is 0 Å². The number of ether oxygens (including phenoxy) is 6. The molecule has 2 aromatic rings. The fraction of sp³-hybridized carbons (Fsp3) is 0.467. The summed E-state index contributed by atoms with van der Waals surface area (Å²) in [6.45, 7) is 0.367. The summed E-state index contributed by atoms with van der Waals surface area (Å²) in [5, 5.41) is 0. The van der Waals surface area contributed by atoms with E-state index < -0.39 is 41.5 Å². The third-order valence-corrected chi connectivity index (χ3v) is 8.21. The molecule has 1 spiro atoms. The van der Waals surface area contributed by atoms with Crippen LogP contribution in [-0.4, -0.2) is 71.3 Å². The first-order chi connectivity index (χ1) is 19.3. The van der Waals surface area contributed by atoms with Gasteiger partial charge in [-0.05, 0) is 59.4 Å². The maximum Gasteiger partial charge on any atom is 0.338 e. The molecule has 2 bridgehead atoms. The molecule has 0 unspecified atom stereocenters. The Kier molecular flexibility index (Phi) is 7.65. The van der Waals surface area contributed by atoms with Gasteiger partial charge in [0.25, 0.3) is 0 Å². The van der Waals surface area contributed by atoms with Crippen LogP contribution in [0.4, 0.5) is 0 Å². The summed E-state index contributed by atoms with van der Waals surface area (Å²) in [6.07, 6.45) is 4.50. The number of carbonyl (C=O) groups is 4. The minimum atomic E-state index is -0.772. The van der Waals surface area contributed by atoms with Crippen molar-refractivity contribution in [3.8, 4) is 0 Å². The molecule has 2 aromatic carbocycles. The molecule has 10 nitrogen and oxygen atoms in total. The predicted octanol–water partition coefficient (Wildman–Crippen LogP) is 4.12. The van der Waals surface area contributed by atoms with Crippen LogP contribution in [0.15, 0.2) is 24.3 Å². The van der Waals surface area contributed by atoms with E-state index >= 15 is 0 Å². The van der Waals surface area contributed by atoms with Gasteiger partial charge < -0.3 is 28.4 Å². The minimum Gasteiger partial charge on any atom is -0.465 e. The molecule has 0 aromatic heterocycles. The van der Waals surface area contributed by atoms with Gasteiger partial charge in [0.2, 0.25) is 0 Å². The summed E-state index contributed by atoms with van der Waals surface area (Å²) in [6, 6.07) is 6.56. The maximum atomic E-state index is 12.8. The first-order valence-electron chi connectivity index (χ1n) is 13.2. The standard InChI is InChI=1S/C30H32O10/c1-35-26(31)20-10-16-17(11-21(20)27(32)36-2)25-15-40-30(8-6-5-7-9-30)39-14-24(16)18-12-22(28(33)37-3)23(13-19(18)25)29(34)38-4/h10-13,24-25H,5-9,14-15H2,1-4H3. The van der Waals surface area contributed by atoms with Crippen molar-refractivity contribution < 1.29 is 47.6 Å². The summed E-state index contributed by atoms with van der Waals surface area (Å²) in [4.78, 5) is 51.2. The summed E-state index contributed by atoms with van der Waals surface area (Å²) in [5.41, 5.74) is 3.21. The van der Waals surface area contributed by atoms with Gasteiger partial charge in [-0.3, -0.25) is 0 Å².